The monoisotopic (exact) mass is 290 g/mol. The van der Waals surface area contributed by atoms with E-state index in [0.717, 1.165) is 37.7 Å². The smallest absolute Gasteiger partial charge is 0.161 e. The summed E-state index contributed by atoms with van der Waals surface area (Å²) in [6.45, 7) is 8.01. The second-order valence-corrected chi connectivity index (χ2v) is 5.85. The van der Waals surface area contributed by atoms with Crippen molar-refractivity contribution >= 4 is 0 Å². The van der Waals surface area contributed by atoms with Crippen LogP contribution in [-0.4, -0.2) is 44.3 Å². The van der Waals surface area contributed by atoms with Gasteiger partial charge in [0.25, 0.3) is 0 Å². The van der Waals surface area contributed by atoms with Gasteiger partial charge in [0, 0.05) is 32.2 Å². The predicted molar refractivity (Wildman–Crippen MR) is 84.1 cm³/mol. The summed E-state index contributed by atoms with van der Waals surface area (Å²) in [6.07, 6.45) is 3.73. The summed E-state index contributed by atoms with van der Waals surface area (Å²) in [5.74, 6) is 1.80. The van der Waals surface area contributed by atoms with E-state index >= 15 is 0 Å². The van der Waals surface area contributed by atoms with E-state index in [1.165, 1.54) is 24.8 Å². The van der Waals surface area contributed by atoms with Gasteiger partial charge < -0.3 is 14.8 Å². The number of fused-ring (bicyclic) bond motifs is 1. The summed E-state index contributed by atoms with van der Waals surface area (Å²) in [6, 6.07) is 6.99. The zero-order valence-corrected chi connectivity index (χ0v) is 12.9. The maximum atomic E-state index is 5.75. The van der Waals surface area contributed by atoms with Gasteiger partial charge in [0.1, 0.15) is 13.2 Å². The molecular weight excluding hydrogens is 264 g/mol. The average molecular weight is 290 g/mol. The molecule has 2 heterocycles. The average Bonchev–Trinajstić information content (AvgIpc) is 2.56. The van der Waals surface area contributed by atoms with Crippen molar-refractivity contribution in [2.45, 2.75) is 32.2 Å². The van der Waals surface area contributed by atoms with Crippen LogP contribution < -0.4 is 14.8 Å². The highest BCUT2D eigenvalue weighted by Gasteiger charge is 2.23. The van der Waals surface area contributed by atoms with Gasteiger partial charge >= 0.3 is 0 Å². The maximum Gasteiger partial charge on any atom is 0.161 e. The molecule has 4 nitrogen and oxygen atoms in total. The number of hydrogen-bond acceptors (Lipinski definition) is 4. The molecule has 21 heavy (non-hydrogen) atoms. The molecule has 0 bridgehead atoms. The Bertz CT molecular complexity index is 458. The first-order chi connectivity index (χ1) is 10.4. The highest BCUT2D eigenvalue weighted by Crippen LogP contribution is 2.35. The molecule has 0 radical (unpaired) electrons. The number of benzene rings is 1. The zero-order chi connectivity index (χ0) is 14.5. The molecule has 0 aliphatic carbocycles. The summed E-state index contributed by atoms with van der Waals surface area (Å²) < 4.78 is 11.4. The molecule has 0 saturated carbocycles. The Kier molecular flexibility index (Phi) is 4.99. The standard InChI is InChI=1S/C17H26N2O2/c1-2-3-4-15(19-9-7-18-8-10-19)14-5-6-16-17(13-14)21-12-11-20-16/h5-6,13,15,18H,2-4,7-12H2,1H3/t15-/m1/s1. The van der Waals surface area contributed by atoms with Crippen molar-refractivity contribution in [3.63, 3.8) is 0 Å². The minimum atomic E-state index is 0.503. The van der Waals surface area contributed by atoms with Crippen LogP contribution in [0.1, 0.15) is 37.8 Å². The van der Waals surface area contributed by atoms with Crippen LogP contribution in [0.15, 0.2) is 18.2 Å². The third kappa shape index (κ3) is 3.50. The fraction of sp³-hybridized carbons (Fsp3) is 0.647. The Morgan fingerprint density at radius 2 is 1.90 bits per heavy atom. The summed E-state index contributed by atoms with van der Waals surface area (Å²) in [5.41, 5.74) is 1.37. The minimum Gasteiger partial charge on any atom is -0.486 e. The molecule has 2 aliphatic rings. The van der Waals surface area contributed by atoms with Crippen LogP contribution >= 0.6 is 0 Å². The number of unbranched alkanes of at least 4 members (excludes halogenated alkanes) is 1. The van der Waals surface area contributed by atoms with Crippen LogP contribution in [0, 0.1) is 0 Å². The Labute approximate surface area is 127 Å². The van der Waals surface area contributed by atoms with E-state index in [0.29, 0.717) is 19.3 Å². The molecule has 0 amide bonds. The minimum absolute atomic E-state index is 0.503. The molecular formula is C17H26N2O2. The van der Waals surface area contributed by atoms with Crippen LogP contribution in [-0.2, 0) is 0 Å². The van der Waals surface area contributed by atoms with Gasteiger partial charge in [-0.25, -0.2) is 0 Å². The van der Waals surface area contributed by atoms with Gasteiger partial charge in [0.2, 0.25) is 0 Å². The number of ether oxygens (including phenoxy) is 2. The molecule has 1 aromatic rings. The van der Waals surface area contributed by atoms with Gasteiger partial charge in [-0.15, -0.1) is 0 Å². The van der Waals surface area contributed by atoms with Crippen molar-refractivity contribution in [2.24, 2.45) is 0 Å². The normalized spacial score (nSPS) is 20.2. The quantitative estimate of drug-likeness (QED) is 0.904. The number of hydrogen-bond donors (Lipinski definition) is 1. The van der Waals surface area contributed by atoms with Crippen LogP contribution in [0.25, 0.3) is 0 Å². The topological polar surface area (TPSA) is 33.7 Å². The van der Waals surface area contributed by atoms with E-state index in [-0.39, 0.29) is 0 Å². The molecule has 1 atom stereocenters. The molecule has 0 spiro atoms. The molecule has 0 aromatic heterocycles. The summed E-state index contributed by atoms with van der Waals surface area (Å²) in [5, 5.41) is 3.44. The van der Waals surface area contributed by atoms with Crippen LogP contribution in [0.4, 0.5) is 0 Å². The molecule has 0 unspecified atom stereocenters. The van der Waals surface area contributed by atoms with Crippen LogP contribution in [0.5, 0.6) is 11.5 Å². The van der Waals surface area contributed by atoms with E-state index < -0.39 is 0 Å². The van der Waals surface area contributed by atoms with E-state index in [2.05, 4.69) is 35.3 Å². The van der Waals surface area contributed by atoms with Crippen molar-refractivity contribution in [2.75, 3.05) is 39.4 Å². The molecule has 1 N–H and O–H groups in total. The lowest BCUT2D eigenvalue weighted by Gasteiger charge is -2.35. The van der Waals surface area contributed by atoms with Crippen molar-refractivity contribution in [3.05, 3.63) is 23.8 Å². The fourth-order valence-electron chi connectivity index (χ4n) is 3.22. The summed E-state index contributed by atoms with van der Waals surface area (Å²) >= 11 is 0. The molecule has 3 rings (SSSR count). The zero-order valence-electron chi connectivity index (χ0n) is 12.9. The van der Waals surface area contributed by atoms with E-state index in [4.69, 9.17) is 9.47 Å². The van der Waals surface area contributed by atoms with Gasteiger partial charge in [0.15, 0.2) is 11.5 Å². The number of piperazine rings is 1. The highest BCUT2D eigenvalue weighted by atomic mass is 16.6. The SMILES string of the molecule is CCCC[C@H](c1ccc2c(c1)OCCO2)N1CCNCC1. The molecule has 2 aliphatic heterocycles. The Morgan fingerprint density at radius 3 is 2.67 bits per heavy atom. The first-order valence-corrected chi connectivity index (χ1v) is 8.23. The van der Waals surface area contributed by atoms with Gasteiger partial charge in [-0.2, -0.15) is 0 Å². The number of nitrogens with one attached hydrogen (secondary N) is 1. The van der Waals surface area contributed by atoms with Crippen molar-refractivity contribution in [1.82, 2.24) is 10.2 Å². The van der Waals surface area contributed by atoms with Crippen molar-refractivity contribution in [1.29, 1.82) is 0 Å². The number of nitrogens with zero attached hydrogens (tertiary/aromatic N) is 1. The lowest BCUT2D eigenvalue weighted by atomic mass is 9.98. The van der Waals surface area contributed by atoms with Crippen LogP contribution in [0.3, 0.4) is 0 Å². The van der Waals surface area contributed by atoms with Crippen LogP contribution in [0.2, 0.25) is 0 Å². The molecule has 1 fully saturated rings. The van der Waals surface area contributed by atoms with E-state index in [1.807, 2.05) is 0 Å². The van der Waals surface area contributed by atoms with Gasteiger partial charge in [-0.3, -0.25) is 4.90 Å². The third-order valence-corrected chi connectivity index (χ3v) is 4.37. The van der Waals surface area contributed by atoms with E-state index in [9.17, 15) is 0 Å². The van der Waals surface area contributed by atoms with Crippen molar-refractivity contribution in [3.8, 4) is 11.5 Å². The molecule has 1 saturated heterocycles. The Morgan fingerprint density at radius 1 is 1.14 bits per heavy atom. The molecule has 4 heteroatoms. The van der Waals surface area contributed by atoms with Gasteiger partial charge in [-0.1, -0.05) is 25.8 Å². The van der Waals surface area contributed by atoms with E-state index in [1.54, 1.807) is 0 Å². The lowest BCUT2D eigenvalue weighted by molar-refractivity contribution is 0.158. The number of rotatable bonds is 5. The van der Waals surface area contributed by atoms with Crippen molar-refractivity contribution < 1.29 is 9.47 Å². The lowest BCUT2D eigenvalue weighted by Crippen LogP contribution is -2.45. The largest absolute Gasteiger partial charge is 0.486 e. The first-order valence-electron chi connectivity index (χ1n) is 8.23. The molecule has 116 valence electrons. The second-order valence-electron chi connectivity index (χ2n) is 5.85. The maximum absolute atomic E-state index is 5.75. The molecule has 1 aromatic carbocycles. The highest BCUT2D eigenvalue weighted by molar-refractivity contribution is 5.44. The Hall–Kier alpha value is -1.26. The predicted octanol–water partition coefficient (Wildman–Crippen LogP) is 2.59. The second kappa shape index (κ2) is 7.14. The third-order valence-electron chi connectivity index (χ3n) is 4.37. The van der Waals surface area contributed by atoms with Gasteiger partial charge in [-0.05, 0) is 24.1 Å². The fourth-order valence-corrected chi connectivity index (χ4v) is 3.22. The summed E-state index contributed by atoms with van der Waals surface area (Å²) in [7, 11) is 0. The Balaban J connectivity index is 1.80. The summed E-state index contributed by atoms with van der Waals surface area (Å²) in [4.78, 5) is 2.61. The first kappa shape index (κ1) is 14.7. The van der Waals surface area contributed by atoms with Gasteiger partial charge in [0.05, 0.1) is 0 Å².